The molecule has 9 rings (SSSR count). The van der Waals surface area contributed by atoms with E-state index in [0.29, 0.717) is 60.3 Å². The molecule has 7 atom stereocenters. The van der Waals surface area contributed by atoms with Crippen LogP contribution in [0.15, 0.2) is 120 Å². The molecule has 7 unspecified atom stereocenters. The highest BCUT2D eigenvalue weighted by atomic mass is 16.8. The summed E-state index contributed by atoms with van der Waals surface area (Å²) in [6.07, 6.45) is 10.3. The zero-order valence-corrected chi connectivity index (χ0v) is 38.3. The van der Waals surface area contributed by atoms with Crippen molar-refractivity contribution in [3.05, 3.63) is 126 Å². The number of ether oxygens (including phenoxy) is 7. The second-order valence-corrected chi connectivity index (χ2v) is 18.0. The number of aliphatic hydroxyl groups excluding tert-OH is 2. The predicted octanol–water partition coefficient (Wildman–Crippen LogP) is 10.3. The van der Waals surface area contributed by atoms with E-state index in [1.807, 2.05) is 60.7 Å². The highest BCUT2D eigenvalue weighted by Crippen LogP contribution is 2.62. The summed E-state index contributed by atoms with van der Waals surface area (Å²) in [7, 11) is 1.38. The van der Waals surface area contributed by atoms with Gasteiger partial charge in [-0.15, -0.1) is 6.58 Å². The fourth-order valence-electron chi connectivity index (χ4n) is 10.8. The molecule has 0 radical (unpaired) electrons. The third-order valence-corrected chi connectivity index (χ3v) is 13.8. The van der Waals surface area contributed by atoms with E-state index in [2.05, 4.69) is 43.0 Å². The van der Waals surface area contributed by atoms with Gasteiger partial charge in [0.25, 0.3) is 0 Å². The Morgan fingerprint density at radius 3 is 2.40 bits per heavy atom. The van der Waals surface area contributed by atoms with Crippen LogP contribution in [0, 0.1) is 17.8 Å². The zero-order valence-electron chi connectivity index (χ0n) is 38.3. The summed E-state index contributed by atoms with van der Waals surface area (Å²) < 4.78 is 44.2. The van der Waals surface area contributed by atoms with Crippen LogP contribution in [0.1, 0.15) is 81.3 Å². The first-order valence-electron chi connectivity index (χ1n) is 23.8. The molecule has 354 valence electrons. The van der Waals surface area contributed by atoms with Crippen LogP contribution in [-0.4, -0.2) is 85.4 Å². The molecule has 2 N–H and O–H groups in total. The van der Waals surface area contributed by atoms with Crippen molar-refractivity contribution in [1.29, 1.82) is 0 Å². The van der Waals surface area contributed by atoms with Crippen LogP contribution < -0.4 is 18.9 Å². The van der Waals surface area contributed by atoms with Crippen molar-refractivity contribution < 1.29 is 53.0 Å². The predicted molar refractivity (Wildman–Crippen MR) is 252 cm³/mol. The molecule has 0 bridgehead atoms. The minimum absolute atomic E-state index is 0.0248. The van der Waals surface area contributed by atoms with E-state index in [9.17, 15) is 15.0 Å². The van der Waals surface area contributed by atoms with Gasteiger partial charge in [0.1, 0.15) is 23.3 Å². The first kappa shape index (κ1) is 46.3. The lowest BCUT2D eigenvalue weighted by Crippen LogP contribution is -2.70. The maximum absolute atomic E-state index is 14.5. The van der Waals surface area contributed by atoms with Crippen LogP contribution in [0.3, 0.4) is 0 Å². The molecular weight excluding hydrogens is 853 g/mol. The Hall–Kier alpha value is -5.86. The number of allylic oxidation sites excluding steroid dienone is 1. The molecule has 13 nitrogen and oxygen atoms in total. The lowest BCUT2D eigenvalue weighted by atomic mass is 9.55. The van der Waals surface area contributed by atoms with Gasteiger partial charge in [-0.3, -0.25) is 4.90 Å². The SMILES string of the molecule is C=CCOC12Oc3ccc(Oc4ccc(-c5ccccc5)cc4)cc3C3C(CCCCO)C(CCCCO)C=C(C(=NOC4CCCCO4)CC1N(Cc1ccc4c(c1)OCO4)C(=O)OC)C32. The largest absolute Gasteiger partial charge is 0.459 e. The normalized spacial score (nSPS) is 25.2. The van der Waals surface area contributed by atoms with Crippen LogP contribution in [0.2, 0.25) is 0 Å². The summed E-state index contributed by atoms with van der Waals surface area (Å²) in [4.78, 5) is 22.4. The highest BCUT2D eigenvalue weighted by Gasteiger charge is 2.65. The van der Waals surface area contributed by atoms with Crippen LogP contribution >= 0.6 is 0 Å². The average molecular weight is 915 g/mol. The van der Waals surface area contributed by atoms with Crippen molar-refractivity contribution in [2.45, 2.75) is 94.8 Å². The number of hydrogen-bond donors (Lipinski definition) is 2. The van der Waals surface area contributed by atoms with Gasteiger partial charge in [0.2, 0.25) is 18.9 Å². The molecule has 3 aliphatic heterocycles. The van der Waals surface area contributed by atoms with Crippen molar-refractivity contribution in [2.75, 3.05) is 40.3 Å². The molecule has 0 spiro atoms. The average Bonchev–Trinajstić information content (AvgIpc) is 3.84. The Labute approximate surface area is 392 Å². The third-order valence-electron chi connectivity index (χ3n) is 13.8. The number of methoxy groups -OCH3 is 1. The summed E-state index contributed by atoms with van der Waals surface area (Å²) >= 11 is 0. The van der Waals surface area contributed by atoms with Crippen LogP contribution in [0.5, 0.6) is 28.7 Å². The molecule has 2 fully saturated rings. The Morgan fingerprint density at radius 2 is 1.64 bits per heavy atom. The van der Waals surface area contributed by atoms with E-state index in [-0.39, 0.29) is 57.3 Å². The van der Waals surface area contributed by atoms with E-state index >= 15 is 0 Å². The monoisotopic (exact) mass is 914 g/mol. The summed E-state index contributed by atoms with van der Waals surface area (Å²) in [6, 6.07) is 29.1. The van der Waals surface area contributed by atoms with Crippen molar-refractivity contribution >= 4 is 11.8 Å². The Bertz CT molecular complexity index is 2380. The molecule has 4 aromatic rings. The van der Waals surface area contributed by atoms with Gasteiger partial charge in [-0.05, 0) is 115 Å². The quantitative estimate of drug-likeness (QED) is 0.0526. The molecule has 1 amide bonds. The van der Waals surface area contributed by atoms with Crippen LogP contribution in [0.25, 0.3) is 11.1 Å². The van der Waals surface area contributed by atoms with Crippen molar-refractivity contribution in [3.63, 3.8) is 0 Å². The lowest BCUT2D eigenvalue weighted by molar-refractivity contribution is -0.256. The molecule has 1 saturated heterocycles. The summed E-state index contributed by atoms with van der Waals surface area (Å²) in [6.45, 7) is 5.19. The van der Waals surface area contributed by atoms with Gasteiger partial charge >= 0.3 is 6.09 Å². The minimum Gasteiger partial charge on any atom is -0.459 e. The lowest BCUT2D eigenvalue weighted by Gasteiger charge is -2.59. The number of aliphatic hydroxyl groups is 2. The fraction of sp³-hybridized carbons (Fsp3) is 0.444. The molecule has 5 aliphatic rings. The Balaban J connectivity index is 1.20. The van der Waals surface area contributed by atoms with E-state index in [4.69, 9.17) is 43.2 Å². The first-order valence-corrected chi connectivity index (χ1v) is 23.8. The smallest absolute Gasteiger partial charge is 0.410 e. The van der Waals surface area contributed by atoms with Gasteiger partial charge in [-0.2, -0.15) is 0 Å². The number of hydrogen-bond acceptors (Lipinski definition) is 12. The number of carbonyl (C=O) groups excluding carboxylic acids is 1. The number of rotatable bonds is 19. The molecule has 0 aromatic heterocycles. The second-order valence-electron chi connectivity index (χ2n) is 18.0. The highest BCUT2D eigenvalue weighted by molar-refractivity contribution is 6.03. The van der Waals surface area contributed by atoms with Crippen molar-refractivity contribution in [3.8, 4) is 39.9 Å². The number of fused-ring (bicyclic) bond motifs is 3. The van der Waals surface area contributed by atoms with Gasteiger partial charge < -0.3 is 48.2 Å². The zero-order chi connectivity index (χ0) is 46.2. The molecule has 1 saturated carbocycles. The number of nitrogens with zero attached hydrogens (tertiary/aromatic N) is 2. The van der Waals surface area contributed by atoms with Gasteiger partial charge in [0.15, 0.2) is 11.5 Å². The number of benzene rings is 4. The summed E-state index contributed by atoms with van der Waals surface area (Å²) in [5.41, 5.74) is 5.55. The van der Waals surface area contributed by atoms with Gasteiger partial charge in [0, 0.05) is 44.1 Å². The third kappa shape index (κ3) is 9.92. The van der Waals surface area contributed by atoms with Gasteiger partial charge in [0.05, 0.1) is 32.0 Å². The Morgan fingerprint density at radius 1 is 0.881 bits per heavy atom. The molecule has 4 aromatic carbocycles. The first-order chi connectivity index (χ1) is 32.9. The van der Waals surface area contributed by atoms with Crippen molar-refractivity contribution in [1.82, 2.24) is 4.90 Å². The fourth-order valence-corrected chi connectivity index (χ4v) is 10.8. The number of unbranched alkanes of at least 4 members (excludes halogenated alkanes) is 2. The topological polar surface area (TPSA) is 147 Å². The number of amides is 1. The molecule has 2 aliphatic carbocycles. The van der Waals surface area contributed by atoms with Gasteiger partial charge in [-0.25, -0.2) is 4.79 Å². The molecule has 3 heterocycles. The summed E-state index contributed by atoms with van der Waals surface area (Å²) in [5, 5.41) is 25.0. The Kier molecular flexibility index (Phi) is 14.8. The molecular formula is C54H62N2O11. The van der Waals surface area contributed by atoms with Crippen molar-refractivity contribution in [2.24, 2.45) is 22.9 Å². The van der Waals surface area contributed by atoms with Crippen LogP contribution in [0.4, 0.5) is 4.79 Å². The summed E-state index contributed by atoms with van der Waals surface area (Å²) in [5.74, 6) is 1.00. The molecule has 67 heavy (non-hydrogen) atoms. The maximum atomic E-state index is 14.5. The molecule has 13 heteroatoms. The van der Waals surface area contributed by atoms with E-state index in [1.165, 1.54) is 7.11 Å². The van der Waals surface area contributed by atoms with Crippen LogP contribution in [-0.2, 0) is 25.6 Å². The van der Waals surface area contributed by atoms with E-state index in [1.54, 1.807) is 11.0 Å². The maximum Gasteiger partial charge on any atom is 0.410 e. The van der Waals surface area contributed by atoms with Gasteiger partial charge in [-0.1, -0.05) is 78.7 Å². The number of carbonyl (C=O) groups is 1. The van der Waals surface area contributed by atoms with E-state index in [0.717, 1.165) is 66.4 Å². The minimum atomic E-state index is -1.48. The second kappa shape index (κ2) is 21.4. The number of oxime groups is 1. The standard InChI is InChI=1S/C54H62N2O11/c1-3-28-64-54-49(56(53(59)60-2)34-36-18-24-47-48(30-36)63-35-62-47)33-45(55-67-50-17-9-12-29-61-50)43-31-39(15-7-10-26-57)42(16-8-11-27-58)51(52(43)54)44-32-41(23-25-46(44)66-54)65-40-21-19-38(20-22-40)37-13-5-4-6-14-37/h3-6,13-14,18-25,30-32,39,42,49-52,57-58H,1,7-12,15-17,26-29,33-35H2,2H3. The van der Waals surface area contributed by atoms with E-state index < -0.39 is 30.1 Å².